The predicted molar refractivity (Wildman–Crippen MR) is 61.3 cm³/mol. The van der Waals surface area contributed by atoms with Crippen molar-refractivity contribution in [3.8, 4) is 0 Å². The van der Waals surface area contributed by atoms with Crippen molar-refractivity contribution in [2.45, 2.75) is 51.4 Å². The highest BCUT2D eigenvalue weighted by Crippen LogP contribution is 2.41. The second-order valence-corrected chi connectivity index (χ2v) is 5.41. The van der Waals surface area contributed by atoms with E-state index >= 15 is 0 Å². The molecule has 0 aromatic carbocycles. The molecule has 0 spiro atoms. The van der Waals surface area contributed by atoms with Crippen molar-refractivity contribution >= 4 is 5.97 Å². The highest BCUT2D eigenvalue weighted by atomic mass is 16.5. The molecule has 1 heterocycles. The molecule has 0 radical (unpaired) electrons. The summed E-state index contributed by atoms with van der Waals surface area (Å²) in [6, 6.07) is 0. The summed E-state index contributed by atoms with van der Waals surface area (Å²) >= 11 is 0. The van der Waals surface area contributed by atoms with E-state index in [1.165, 1.54) is 32.1 Å². The number of hydrogen-bond acceptors (Lipinski definition) is 2. The summed E-state index contributed by atoms with van der Waals surface area (Å²) in [4.78, 5) is 11.5. The van der Waals surface area contributed by atoms with Crippen LogP contribution in [0.15, 0.2) is 0 Å². The van der Waals surface area contributed by atoms with Crippen LogP contribution in [-0.2, 0) is 9.53 Å². The molecule has 1 aliphatic carbocycles. The van der Waals surface area contributed by atoms with Crippen molar-refractivity contribution in [2.75, 3.05) is 13.2 Å². The fraction of sp³-hybridized carbons (Fsp3) is 0.923. The molecular formula is C13H22O3. The summed E-state index contributed by atoms with van der Waals surface area (Å²) in [5.74, 6) is 0.0457. The molecule has 0 unspecified atom stereocenters. The van der Waals surface area contributed by atoms with Gasteiger partial charge < -0.3 is 9.84 Å². The third kappa shape index (κ3) is 2.57. The summed E-state index contributed by atoms with van der Waals surface area (Å²) in [6.07, 6.45) is 8.67. The third-order valence-electron chi connectivity index (χ3n) is 4.31. The van der Waals surface area contributed by atoms with Gasteiger partial charge in [-0.1, -0.05) is 32.1 Å². The zero-order valence-electron chi connectivity index (χ0n) is 9.91. The number of aliphatic carboxylic acids is 1. The van der Waals surface area contributed by atoms with Gasteiger partial charge in [0.2, 0.25) is 0 Å². The van der Waals surface area contributed by atoms with Crippen molar-refractivity contribution in [3.63, 3.8) is 0 Å². The van der Waals surface area contributed by atoms with E-state index in [9.17, 15) is 9.90 Å². The van der Waals surface area contributed by atoms with Crippen LogP contribution in [0.3, 0.4) is 0 Å². The number of rotatable bonds is 3. The Morgan fingerprint density at radius 1 is 1.19 bits per heavy atom. The molecule has 1 aliphatic heterocycles. The van der Waals surface area contributed by atoms with Gasteiger partial charge in [0.25, 0.3) is 0 Å². The lowest BCUT2D eigenvalue weighted by atomic mass is 9.70. The van der Waals surface area contributed by atoms with Crippen molar-refractivity contribution < 1.29 is 14.6 Å². The number of carboxylic acids is 1. The Kier molecular flexibility index (Phi) is 3.85. The molecule has 2 aliphatic rings. The van der Waals surface area contributed by atoms with Gasteiger partial charge in [-0.25, -0.2) is 0 Å². The van der Waals surface area contributed by atoms with E-state index in [0.29, 0.717) is 32.0 Å². The van der Waals surface area contributed by atoms with Crippen LogP contribution in [0.4, 0.5) is 0 Å². The van der Waals surface area contributed by atoms with Gasteiger partial charge in [0.05, 0.1) is 5.41 Å². The van der Waals surface area contributed by atoms with Crippen LogP contribution in [0.25, 0.3) is 0 Å². The number of carbonyl (C=O) groups is 1. The minimum absolute atomic E-state index is 0.472. The van der Waals surface area contributed by atoms with Gasteiger partial charge in [0.15, 0.2) is 0 Å². The number of carboxylic acid groups (broad SMARTS) is 1. The van der Waals surface area contributed by atoms with Crippen LogP contribution in [0, 0.1) is 11.3 Å². The van der Waals surface area contributed by atoms with E-state index in [0.717, 1.165) is 6.42 Å². The third-order valence-corrected chi connectivity index (χ3v) is 4.31. The lowest BCUT2D eigenvalue weighted by Gasteiger charge is -2.37. The SMILES string of the molecule is O=C(O)C1(CC2CCCCC2)CCOCC1. The van der Waals surface area contributed by atoms with Crippen molar-refractivity contribution in [3.05, 3.63) is 0 Å². The summed E-state index contributed by atoms with van der Waals surface area (Å²) in [5, 5.41) is 9.46. The molecule has 2 fully saturated rings. The fourth-order valence-electron chi connectivity index (χ4n) is 3.21. The van der Waals surface area contributed by atoms with E-state index in [1.54, 1.807) is 0 Å². The van der Waals surface area contributed by atoms with Crippen LogP contribution in [0.5, 0.6) is 0 Å². The highest BCUT2D eigenvalue weighted by Gasteiger charge is 2.41. The summed E-state index contributed by atoms with van der Waals surface area (Å²) in [5.41, 5.74) is -0.472. The zero-order valence-corrected chi connectivity index (χ0v) is 9.91. The molecule has 1 saturated carbocycles. The van der Waals surface area contributed by atoms with Crippen molar-refractivity contribution in [2.24, 2.45) is 11.3 Å². The molecule has 0 bridgehead atoms. The second-order valence-electron chi connectivity index (χ2n) is 5.41. The minimum atomic E-state index is -0.596. The molecule has 1 saturated heterocycles. The number of hydrogen-bond donors (Lipinski definition) is 1. The summed E-state index contributed by atoms with van der Waals surface area (Å²) < 4.78 is 5.30. The summed E-state index contributed by atoms with van der Waals surface area (Å²) in [7, 11) is 0. The minimum Gasteiger partial charge on any atom is -0.481 e. The van der Waals surface area contributed by atoms with Gasteiger partial charge in [-0.05, 0) is 25.2 Å². The smallest absolute Gasteiger partial charge is 0.309 e. The lowest BCUT2D eigenvalue weighted by Crippen LogP contribution is -2.39. The normalized spacial score (nSPS) is 26.5. The van der Waals surface area contributed by atoms with Gasteiger partial charge in [-0.2, -0.15) is 0 Å². The van der Waals surface area contributed by atoms with E-state index in [2.05, 4.69) is 0 Å². The maximum atomic E-state index is 11.5. The maximum Gasteiger partial charge on any atom is 0.309 e. The van der Waals surface area contributed by atoms with Crippen LogP contribution in [-0.4, -0.2) is 24.3 Å². The predicted octanol–water partition coefficient (Wildman–Crippen LogP) is 2.84. The first kappa shape index (κ1) is 11.9. The first-order valence-electron chi connectivity index (χ1n) is 6.54. The Bertz CT molecular complexity index is 238. The Morgan fingerprint density at radius 3 is 2.38 bits per heavy atom. The maximum absolute atomic E-state index is 11.5. The molecule has 16 heavy (non-hydrogen) atoms. The molecular weight excluding hydrogens is 204 g/mol. The quantitative estimate of drug-likeness (QED) is 0.805. The Morgan fingerprint density at radius 2 is 1.81 bits per heavy atom. The topological polar surface area (TPSA) is 46.5 Å². The molecule has 0 aromatic heterocycles. The fourth-order valence-corrected chi connectivity index (χ4v) is 3.21. The molecule has 2 rings (SSSR count). The molecule has 92 valence electrons. The average molecular weight is 226 g/mol. The first-order valence-corrected chi connectivity index (χ1v) is 6.54. The molecule has 1 N–H and O–H groups in total. The Balaban J connectivity index is 1.98. The molecule has 3 nitrogen and oxygen atoms in total. The average Bonchev–Trinajstić information content (AvgIpc) is 2.31. The van der Waals surface area contributed by atoms with Gasteiger partial charge in [-0.3, -0.25) is 4.79 Å². The van der Waals surface area contributed by atoms with Gasteiger partial charge >= 0.3 is 5.97 Å². The van der Waals surface area contributed by atoms with Crippen LogP contribution in [0.2, 0.25) is 0 Å². The van der Waals surface area contributed by atoms with E-state index in [-0.39, 0.29) is 0 Å². The molecule has 3 heteroatoms. The standard InChI is InChI=1S/C13H22O3/c14-12(15)13(6-8-16-9-7-13)10-11-4-2-1-3-5-11/h11H,1-10H2,(H,14,15). The van der Waals surface area contributed by atoms with Crippen LogP contribution >= 0.6 is 0 Å². The van der Waals surface area contributed by atoms with Crippen molar-refractivity contribution in [1.29, 1.82) is 0 Å². The van der Waals surface area contributed by atoms with Gasteiger partial charge in [-0.15, -0.1) is 0 Å². The van der Waals surface area contributed by atoms with Crippen LogP contribution < -0.4 is 0 Å². The number of ether oxygens (including phenoxy) is 1. The van der Waals surface area contributed by atoms with E-state index < -0.39 is 11.4 Å². The largest absolute Gasteiger partial charge is 0.481 e. The van der Waals surface area contributed by atoms with Gasteiger partial charge in [0, 0.05) is 13.2 Å². The Hall–Kier alpha value is -0.570. The Labute approximate surface area is 97.2 Å². The molecule has 0 amide bonds. The van der Waals surface area contributed by atoms with E-state index in [4.69, 9.17) is 4.74 Å². The molecule has 0 atom stereocenters. The lowest BCUT2D eigenvalue weighted by molar-refractivity contribution is -0.156. The monoisotopic (exact) mass is 226 g/mol. The van der Waals surface area contributed by atoms with Gasteiger partial charge in [0.1, 0.15) is 0 Å². The second kappa shape index (κ2) is 5.17. The zero-order chi connectivity index (χ0) is 11.4. The summed E-state index contributed by atoms with van der Waals surface area (Å²) in [6.45, 7) is 1.25. The van der Waals surface area contributed by atoms with E-state index in [1.807, 2.05) is 0 Å². The van der Waals surface area contributed by atoms with Crippen LogP contribution in [0.1, 0.15) is 51.4 Å². The molecule has 0 aromatic rings. The highest BCUT2D eigenvalue weighted by molar-refractivity contribution is 5.74. The van der Waals surface area contributed by atoms with Crippen molar-refractivity contribution in [1.82, 2.24) is 0 Å². The first-order chi connectivity index (χ1) is 7.73.